The highest BCUT2D eigenvalue weighted by atomic mass is 16.3. The first-order chi connectivity index (χ1) is 8.33. The molecule has 0 radical (unpaired) electrons. The second-order valence-electron chi connectivity index (χ2n) is 7.60. The van der Waals surface area contributed by atoms with Crippen LogP contribution in [0.1, 0.15) is 72.1 Å². The lowest BCUT2D eigenvalue weighted by Gasteiger charge is -2.52. The number of hydrogen-bond donors (Lipinski definition) is 1. The quantitative estimate of drug-likeness (QED) is 0.762. The molecule has 1 unspecified atom stereocenters. The summed E-state index contributed by atoms with van der Waals surface area (Å²) in [6, 6.07) is 2.54. The van der Waals surface area contributed by atoms with Gasteiger partial charge in [-0.2, -0.15) is 5.26 Å². The Bertz CT molecular complexity index is 347. The van der Waals surface area contributed by atoms with Gasteiger partial charge >= 0.3 is 0 Å². The maximum atomic E-state index is 11.1. The SMILES string of the molecule is CC1CCC(C#N)(C2(O)CCCC(C)(C)C2)CC1. The van der Waals surface area contributed by atoms with Crippen molar-refractivity contribution in [1.82, 2.24) is 0 Å². The van der Waals surface area contributed by atoms with Crippen molar-refractivity contribution in [2.45, 2.75) is 77.7 Å². The zero-order chi connectivity index (χ0) is 13.4. The number of hydrogen-bond acceptors (Lipinski definition) is 2. The molecule has 2 saturated carbocycles. The van der Waals surface area contributed by atoms with Crippen LogP contribution in [-0.4, -0.2) is 10.7 Å². The summed E-state index contributed by atoms with van der Waals surface area (Å²) in [6.07, 6.45) is 7.80. The summed E-state index contributed by atoms with van der Waals surface area (Å²) in [5, 5.41) is 20.9. The lowest BCUT2D eigenvalue weighted by atomic mass is 9.54. The monoisotopic (exact) mass is 249 g/mol. The standard InChI is InChI=1S/C16H27NO/c1-13-5-9-15(12-17,10-6-13)16(18)8-4-7-14(2,3)11-16/h13,18H,4-11H2,1-3H3. The highest BCUT2D eigenvalue weighted by Crippen LogP contribution is 2.55. The second kappa shape index (κ2) is 4.53. The Morgan fingerprint density at radius 3 is 2.22 bits per heavy atom. The fraction of sp³-hybridized carbons (Fsp3) is 0.938. The van der Waals surface area contributed by atoms with Gasteiger partial charge in [0.2, 0.25) is 0 Å². The van der Waals surface area contributed by atoms with E-state index in [0.29, 0.717) is 5.92 Å². The maximum absolute atomic E-state index is 11.1. The van der Waals surface area contributed by atoms with E-state index in [4.69, 9.17) is 0 Å². The van der Waals surface area contributed by atoms with E-state index >= 15 is 0 Å². The predicted molar refractivity (Wildman–Crippen MR) is 72.9 cm³/mol. The van der Waals surface area contributed by atoms with Gasteiger partial charge in [-0.05, 0) is 56.3 Å². The van der Waals surface area contributed by atoms with Crippen molar-refractivity contribution in [1.29, 1.82) is 5.26 Å². The third-order valence-electron chi connectivity index (χ3n) is 5.45. The molecule has 0 aromatic rings. The molecular weight excluding hydrogens is 222 g/mol. The van der Waals surface area contributed by atoms with Crippen molar-refractivity contribution in [3.05, 3.63) is 0 Å². The van der Waals surface area contributed by atoms with E-state index < -0.39 is 11.0 Å². The van der Waals surface area contributed by atoms with Crippen molar-refractivity contribution in [2.24, 2.45) is 16.7 Å². The van der Waals surface area contributed by atoms with Crippen LogP contribution in [-0.2, 0) is 0 Å². The van der Waals surface area contributed by atoms with E-state index in [1.807, 2.05) is 0 Å². The Kier molecular flexibility index (Phi) is 3.49. The maximum Gasteiger partial charge on any atom is 0.0860 e. The van der Waals surface area contributed by atoms with E-state index in [-0.39, 0.29) is 5.41 Å². The molecule has 1 atom stereocenters. The number of nitriles is 1. The first-order valence-electron chi connectivity index (χ1n) is 7.46. The minimum absolute atomic E-state index is 0.180. The first-order valence-corrected chi connectivity index (χ1v) is 7.46. The Morgan fingerprint density at radius 1 is 1.11 bits per heavy atom. The van der Waals surface area contributed by atoms with Gasteiger partial charge in [-0.3, -0.25) is 0 Å². The Morgan fingerprint density at radius 2 is 1.72 bits per heavy atom. The summed E-state index contributed by atoms with van der Waals surface area (Å²) in [6.45, 7) is 6.72. The van der Waals surface area contributed by atoms with E-state index in [1.165, 1.54) is 6.42 Å². The summed E-state index contributed by atoms with van der Waals surface area (Å²) < 4.78 is 0. The fourth-order valence-electron chi connectivity index (χ4n) is 4.17. The molecule has 2 fully saturated rings. The molecule has 2 rings (SSSR count). The molecule has 0 amide bonds. The second-order valence-corrected chi connectivity index (χ2v) is 7.60. The molecule has 18 heavy (non-hydrogen) atoms. The van der Waals surface area contributed by atoms with Crippen LogP contribution in [0.15, 0.2) is 0 Å². The average Bonchev–Trinajstić information content (AvgIpc) is 2.28. The van der Waals surface area contributed by atoms with Crippen molar-refractivity contribution < 1.29 is 5.11 Å². The predicted octanol–water partition coefficient (Wildman–Crippen LogP) is 4.04. The third kappa shape index (κ3) is 2.30. The largest absolute Gasteiger partial charge is 0.388 e. The summed E-state index contributed by atoms with van der Waals surface area (Å²) >= 11 is 0. The third-order valence-corrected chi connectivity index (χ3v) is 5.45. The van der Waals surface area contributed by atoms with Crippen LogP contribution in [0, 0.1) is 28.1 Å². The molecule has 0 saturated heterocycles. The van der Waals surface area contributed by atoms with Gasteiger partial charge in [-0.25, -0.2) is 0 Å². The number of rotatable bonds is 1. The van der Waals surface area contributed by atoms with Crippen LogP contribution >= 0.6 is 0 Å². The fourth-order valence-corrected chi connectivity index (χ4v) is 4.17. The molecule has 0 heterocycles. The molecule has 0 aliphatic heterocycles. The van der Waals surface area contributed by atoms with E-state index in [2.05, 4.69) is 26.8 Å². The molecule has 0 aromatic heterocycles. The lowest BCUT2D eigenvalue weighted by molar-refractivity contribution is -0.127. The molecule has 102 valence electrons. The van der Waals surface area contributed by atoms with Crippen LogP contribution in [0.5, 0.6) is 0 Å². The Hall–Kier alpha value is -0.550. The van der Waals surface area contributed by atoms with Gasteiger partial charge in [0.15, 0.2) is 0 Å². The molecule has 2 aliphatic rings. The van der Waals surface area contributed by atoms with Crippen molar-refractivity contribution >= 4 is 0 Å². The van der Waals surface area contributed by atoms with Crippen molar-refractivity contribution in [2.75, 3.05) is 0 Å². The highest BCUT2D eigenvalue weighted by molar-refractivity contribution is 5.15. The summed E-state index contributed by atoms with van der Waals surface area (Å²) in [5.41, 5.74) is -1.04. The number of aliphatic hydroxyl groups is 1. The molecular formula is C16H27NO. The molecule has 2 nitrogen and oxygen atoms in total. The van der Waals surface area contributed by atoms with Gasteiger partial charge in [-0.1, -0.05) is 27.2 Å². The zero-order valence-corrected chi connectivity index (χ0v) is 12.1. The molecule has 2 heteroatoms. The lowest BCUT2D eigenvalue weighted by Crippen LogP contribution is -2.53. The molecule has 1 N–H and O–H groups in total. The minimum atomic E-state index is -0.746. The van der Waals surface area contributed by atoms with Crippen LogP contribution < -0.4 is 0 Å². The van der Waals surface area contributed by atoms with Crippen molar-refractivity contribution in [3.63, 3.8) is 0 Å². The summed E-state index contributed by atoms with van der Waals surface area (Å²) in [7, 11) is 0. The minimum Gasteiger partial charge on any atom is -0.388 e. The first kappa shape index (κ1) is 13.9. The number of nitrogens with zero attached hydrogens (tertiary/aromatic N) is 1. The van der Waals surface area contributed by atoms with E-state index in [1.54, 1.807) is 0 Å². The Balaban J connectivity index is 2.24. The van der Waals surface area contributed by atoms with Gasteiger partial charge in [0.25, 0.3) is 0 Å². The van der Waals surface area contributed by atoms with E-state index in [9.17, 15) is 10.4 Å². The van der Waals surface area contributed by atoms with Gasteiger partial charge in [0, 0.05) is 0 Å². The van der Waals surface area contributed by atoms with Crippen LogP contribution in [0.2, 0.25) is 0 Å². The van der Waals surface area contributed by atoms with E-state index in [0.717, 1.165) is 44.9 Å². The van der Waals surface area contributed by atoms with Crippen LogP contribution in [0.3, 0.4) is 0 Å². The van der Waals surface area contributed by atoms with Gasteiger partial charge in [-0.15, -0.1) is 0 Å². The van der Waals surface area contributed by atoms with Gasteiger partial charge in [0.1, 0.15) is 0 Å². The normalized spacial score (nSPS) is 44.3. The van der Waals surface area contributed by atoms with Crippen LogP contribution in [0.4, 0.5) is 0 Å². The average molecular weight is 249 g/mol. The smallest absolute Gasteiger partial charge is 0.0860 e. The zero-order valence-electron chi connectivity index (χ0n) is 12.1. The van der Waals surface area contributed by atoms with Gasteiger partial charge < -0.3 is 5.11 Å². The molecule has 0 bridgehead atoms. The van der Waals surface area contributed by atoms with Crippen LogP contribution in [0.25, 0.3) is 0 Å². The molecule has 0 aromatic carbocycles. The summed E-state index contributed by atoms with van der Waals surface area (Å²) in [5.74, 6) is 0.715. The summed E-state index contributed by atoms with van der Waals surface area (Å²) in [4.78, 5) is 0. The molecule has 0 spiro atoms. The molecule has 2 aliphatic carbocycles. The highest BCUT2D eigenvalue weighted by Gasteiger charge is 2.54. The Labute approximate surface area is 111 Å². The topological polar surface area (TPSA) is 44.0 Å². The van der Waals surface area contributed by atoms with Gasteiger partial charge in [0.05, 0.1) is 17.1 Å². The van der Waals surface area contributed by atoms with Crippen molar-refractivity contribution in [3.8, 4) is 6.07 Å².